The number of nitrogens with zero attached hydrogens (tertiary/aromatic N) is 5. The van der Waals surface area contributed by atoms with Crippen molar-refractivity contribution in [2.24, 2.45) is 4.99 Å². The first-order valence-corrected chi connectivity index (χ1v) is 13.7. The van der Waals surface area contributed by atoms with Crippen molar-refractivity contribution in [3.8, 4) is 17.1 Å². The van der Waals surface area contributed by atoms with Crippen molar-refractivity contribution in [3.63, 3.8) is 0 Å². The Morgan fingerprint density at radius 3 is 2.51 bits per heavy atom. The average Bonchev–Trinajstić information content (AvgIpc) is 3.56. The molecule has 0 spiro atoms. The van der Waals surface area contributed by atoms with Crippen LogP contribution in [0.25, 0.3) is 17.1 Å². The van der Waals surface area contributed by atoms with E-state index in [1.807, 2.05) is 32.0 Å². The fraction of sp³-hybridized carbons (Fsp3) is 0.207. The summed E-state index contributed by atoms with van der Waals surface area (Å²) in [7, 11) is 0. The molecule has 0 unspecified atom stereocenters. The third kappa shape index (κ3) is 6.02. The third-order valence-corrected chi connectivity index (χ3v) is 7.43. The molecule has 41 heavy (non-hydrogen) atoms. The van der Waals surface area contributed by atoms with Crippen molar-refractivity contribution in [1.82, 2.24) is 14.8 Å². The van der Waals surface area contributed by atoms with Crippen molar-refractivity contribution >= 4 is 40.2 Å². The molecular weight excluding hydrogens is 553 g/mol. The predicted molar refractivity (Wildman–Crippen MR) is 153 cm³/mol. The van der Waals surface area contributed by atoms with Gasteiger partial charge >= 0.3 is 12.2 Å². The van der Waals surface area contributed by atoms with E-state index in [9.17, 15) is 22.8 Å². The van der Waals surface area contributed by atoms with Gasteiger partial charge in [-0.1, -0.05) is 30.8 Å². The zero-order valence-corrected chi connectivity index (χ0v) is 23.2. The van der Waals surface area contributed by atoms with Crippen LogP contribution in [0.2, 0.25) is 0 Å². The van der Waals surface area contributed by atoms with E-state index >= 15 is 0 Å². The fourth-order valence-electron chi connectivity index (χ4n) is 4.36. The molecule has 0 radical (unpaired) electrons. The maximum atomic E-state index is 12.9. The second-order valence-electron chi connectivity index (χ2n) is 9.42. The topological polar surface area (TPSA) is 92.5 Å². The normalized spacial score (nSPS) is 14.6. The SMILES string of the molecule is CCc1ccc(C)cc1N1C(=O)CSC1=NC(=O)Nc1ccc(-c2ncn(-c3ccc(C(F)(F)F)cc3)n2)cc1C. The summed E-state index contributed by atoms with van der Waals surface area (Å²) >= 11 is 1.21. The minimum atomic E-state index is -4.42. The lowest BCUT2D eigenvalue weighted by molar-refractivity contribution is -0.137. The number of thioether (sulfide) groups is 1. The van der Waals surface area contributed by atoms with Crippen LogP contribution in [0.3, 0.4) is 0 Å². The van der Waals surface area contributed by atoms with E-state index in [1.165, 1.54) is 39.8 Å². The Bertz CT molecular complexity index is 1660. The number of benzene rings is 3. The van der Waals surface area contributed by atoms with Gasteiger partial charge in [-0.15, -0.1) is 5.10 Å². The molecule has 1 aliphatic rings. The van der Waals surface area contributed by atoms with Crippen LogP contribution in [0.15, 0.2) is 72.0 Å². The van der Waals surface area contributed by atoms with Gasteiger partial charge in [-0.05, 0) is 85.5 Å². The summed E-state index contributed by atoms with van der Waals surface area (Å²) < 4.78 is 40.0. The second-order valence-corrected chi connectivity index (χ2v) is 10.4. The maximum Gasteiger partial charge on any atom is 0.416 e. The number of halogens is 3. The van der Waals surface area contributed by atoms with Gasteiger partial charge in [0.1, 0.15) is 6.33 Å². The Morgan fingerprint density at radius 1 is 1.07 bits per heavy atom. The van der Waals surface area contributed by atoms with Gasteiger partial charge in [0.25, 0.3) is 0 Å². The molecule has 1 aliphatic heterocycles. The van der Waals surface area contributed by atoms with Crippen molar-refractivity contribution in [3.05, 3.63) is 89.2 Å². The van der Waals surface area contributed by atoms with E-state index in [-0.39, 0.29) is 11.7 Å². The van der Waals surface area contributed by atoms with Crippen LogP contribution in [-0.2, 0) is 17.4 Å². The van der Waals surface area contributed by atoms with Crippen LogP contribution >= 0.6 is 11.8 Å². The van der Waals surface area contributed by atoms with E-state index in [4.69, 9.17) is 0 Å². The Hall–Kier alpha value is -4.45. The highest BCUT2D eigenvalue weighted by Gasteiger charge is 2.32. The van der Waals surface area contributed by atoms with Crippen molar-refractivity contribution in [1.29, 1.82) is 0 Å². The van der Waals surface area contributed by atoms with Gasteiger partial charge in [0, 0.05) is 11.3 Å². The molecule has 1 aromatic heterocycles. The number of rotatable bonds is 5. The first kappa shape index (κ1) is 28.1. The van der Waals surface area contributed by atoms with Gasteiger partial charge in [0.05, 0.1) is 22.7 Å². The van der Waals surface area contributed by atoms with Gasteiger partial charge in [-0.3, -0.25) is 9.69 Å². The molecule has 12 heteroatoms. The number of amidine groups is 1. The molecule has 1 fully saturated rings. The summed E-state index contributed by atoms with van der Waals surface area (Å²) in [4.78, 5) is 35.6. The number of anilines is 2. The Kier molecular flexibility index (Phi) is 7.68. The van der Waals surface area contributed by atoms with Crippen molar-refractivity contribution in [2.45, 2.75) is 33.4 Å². The van der Waals surface area contributed by atoms with E-state index in [0.717, 1.165) is 40.9 Å². The number of alkyl halides is 3. The number of nitrogens with one attached hydrogen (secondary N) is 1. The van der Waals surface area contributed by atoms with Gasteiger partial charge in [0.15, 0.2) is 11.0 Å². The number of hydrogen-bond acceptors (Lipinski definition) is 5. The van der Waals surface area contributed by atoms with E-state index in [2.05, 4.69) is 20.4 Å². The number of aromatic nitrogens is 3. The summed E-state index contributed by atoms with van der Waals surface area (Å²) in [5.41, 5.74) is 4.32. The van der Waals surface area contributed by atoms with Gasteiger partial charge in [-0.2, -0.15) is 18.2 Å². The quantitative estimate of drug-likeness (QED) is 0.281. The maximum absolute atomic E-state index is 12.9. The summed E-state index contributed by atoms with van der Waals surface area (Å²) in [6.07, 6.45) is -2.27. The van der Waals surface area contributed by atoms with Gasteiger partial charge in [-0.25, -0.2) is 14.5 Å². The molecule has 4 aromatic rings. The summed E-state index contributed by atoms with van der Waals surface area (Å²) in [6.45, 7) is 5.76. The van der Waals surface area contributed by atoms with E-state index in [1.54, 1.807) is 25.1 Å². The number of urea groups is 1. The zero-order chi connectivity index (χ0) is 29.3. The van der Waals surface area contributed by atoms with E-state index in [0.29, 0.717) is 27.9 Å². The fourth-order valence-corrected chi connectivity index (χ4v) is 5.22. The lowest BCUT2D eigenvalue weighted by Gasteiger charge is -2.20. The van der Waals surface area contributed by atoms with Crippen LogP contribution in [0.5, 0.6) is 0 Å². The van der Waals surface area contributed by atoms with Crippen LogP contribution in [-0.4, -0.2) is 37.6 Å². The number of aryl methyl sites for hydroxylation is 3. The number of carbonyl (C=O) groups excluding carboxylic acids is 2. The zero-order valence-electron chi connectivity index (χ0n) is 22.4. The molecule has 5 rings (SSSR count). The highest BCUT2D eigenvalue weighted by Crippen LogP contribution is 2.32. The highest BCUT2D eigenvalue weighted by atomic mass is 32.2. The molecule has 8 nitrogen and oxygen atoms in total. The van der Waals surface area contributed by atoms with Crippen LogP contribution in [0.4, 0.5) is 29.3 Å². The highest BCUT2D eigenvalue weighted by molar-refractivity contribution is 8.15. The Morgan fingerprint density at radius 2 is 1.83 bits per heavy atom. The predicted octanol–water partition coefficient (Wildman–Crippen LogP) is 6.80. The second kappa shape index (κ2) is 11.2. The molecule has 3 aromatic carbocycles. The minimum absolute atomic E-state index is 0.134. The summed E-state index contributed by atoms with van der Waals surface area (Å²) in [5, 5.41) is 7.48. The standard InChI is InChI=1S/C29H25F3N6O2S/c1-4-19-6-5-17(2)13-24(19)38-25(39)15-41-28(38)35-27(40)34-23-12-7-20(14-18(23)3)26-33-16-37(36-26)22-10-8-21(9-11-22)29(30,31)32/h5-14,16H,4,15H2,1-3H3,(H,34,40). The minimum Gasteiger partial charge on any atom is -0.306 e. The molecule has 0 atom stereocenters. The van der Waals surface area contributed by atoms with Crippen molar-refractivity contribution < 1.29 is 22.8 Å². The molecular formula is C29H25F3N6O2S. The average molecular weight is 579 g/mol. The molecule has 1 saturated heterocycles. The number of aliphatic imine (C=N–C) groups is 1. The molecule has 0 aliphatic carbocycles. The lowest BCUT2D eigenvalue weighted by Crippen LogP contribution is -2.31. The molecule has 1 N–H and O–H groups in total. The molecule has 2 heterocycles. The van der Waals surface area contributed by atoms with Crippen LogP contribution in [0, 0.1) is 13.8 Å². The number of hydrogen-bond donors (Lipinski definition) is 1. The smallest absolute Gasteiger partial charge is 0.306 e. The molecule has 0 saturated carbocycles. The molecule has 210 valence electrons. The molecule has 0 bridgehead atoms. The molecule has 3 amide bonds. The third-order valence-electron chi connectivity index (χ3n) is 6.50. The number of carbonyl (C=O) groups is 2. The lowest BCUT2D eigenvalue weighted by atomic mass is 10.1. The van der Waals surface area contributed by atoms with E-state index < -0.39 is 17.8 Å². The first-order valence-electron chi connectivity index (χ1n) is 12.7. The van der Waals surface area contributed by atoms with Crippen LogP contribution in [0.1, 0.15) is 29.2 Å². The van der Waals surface area contributed by atoms with Crippen LogP contribution < -0.4 is 10.2 Å². The Labute approximate surface area is 238 Å². The van der Waals surface area contributed by atoms with Gasteiger partial charge in [0.2, 0.25) is 5.91 Å². The van der Waals surface area contributed by atoms with Crippen molar-refractivity contribution in [2.75, 3.05) is 16.0 Å². The Balaban J connectivity index is 1.32. The largest absolute Gasteiger partial charge is 0.416 e. The number of amides is 3. The monoisotopic (exact) mass is 578 g/mol. The first-order chi connectivity index (χ1) is 19.5. The summed E-state index contributed by atoms with van der Waals surface area (Å²) in [6, 6.07) is 15.1. The van der Waals surface area contributed by atoms with Gasteiger partial charge < -0.3 is 5.32 Å². The summed E-state index contributed by atoms with van der Waals surface area (Å²) in [5.74, 6) is 0.432.